The van der Waals surface area contributed by atoms with E-state index in [0.29, 0.717) is 16.5 Å². The van der Waals surface area contributed by atoms with Crippen LogP contribution < -0.4 is 11.3 Å². The molecule has 0 aliphatic carbocycles. The molecule has 1 aromatic carbocycles. The van der Waals surface area contributed by atoms with Crippen molar-refractivity contribution in [1.82, 2.24) is 9.97 Å². The molecule has 21 heavy (non-hydrogen) atoms. The van der Waals surface area contributed by atoms with Gasteiger partial charge < -0.3 is 10.7 Å². The molecule has 8 heteroatoms. The van der Waals surface area contributed by atoms with Crippen LogP contribution in [-0.4, -0.2) is 15.7 Å². The maximum atomic E-state index is 12.5. The molecule has 0 saturated heterocycles. The lowest BCUT2D eigenvalue weighted by Gasteiger charge is -2.13. The van der Waals surface area contributed by atoms with E-state index in [4.69, 9.17) is 5.73 Å². The Bertz CT molecular complexity index is 655. The van der Waals surface area contributed by atoms with E-state index in [9.17, 15) is 18.0 Å². The largest absolute Gasteiger partial charge is 0.416 e. The Labute approximate surface area is 122 Å². The average molecular weight is 315 g/mol. The van der Waals surface area contributed by atoms with Crippen molar-refractivity contribution in [1.29, 1.82) is 0 Å². The molecule has 0 aliphatic heterocycles. The van der Waals surface area contributed by atoms with E-state index in [1.165, 1.54) is 36.2 Å². The van der Waals surface area contributed by atoms with Gasteiger partial charge in [0.2, 0.25) is 0 Å². The molecular formula is C13H12F3N3OS. The smallest absolute Gasteiger partial charge is 0.323 e. The van der Waals surface area contributed by atoms with Gasteiger partial charge in [-0.05, 0) is 17.7 Å². The van der Waals surface area contributed by atoms with Gasteiger partial charge in [-0.1, -0.05) is 23.9 Å². The Morgan fingerprint density at radius 1 is 1.24 bits per heavy atom. The van der Waals surface area contributed by atoms with E-state index in [1.54, 1.807) is 0 Å². The van der Waals surface area contributed by atoms with Gasteiger partial charge in [-0.25, -0.2) is 4.98 Å². The van der Waals surface area contributed by atoms with Gasteiger partial charge >= 0.3 is 6.18 Å². The Hall–Kier alpha value is -1.80. The van der Waals surface area contributed by atoms with Crippen molar-refractivity contribution in [2.24, 2.45) is 5.73 Å². The zero-order valence-electron chi connectivity index (χ0n) is 10.7. The molecule has 0 aliphatic rings. The molecule has 112 valence electrons. The van der Waals surface area contributed by atoms with Gasteiger partial charge in [0.1, 0.15) is 0 Å². The van der Waals surface area contributed by atoms with Crippen LogP contribution >= 0.6 is 11.8 Å². The van der Waals surface area contributed by atoms with Crippen molar-refractivity contribution in [3.8, 4) is 0 Å². The van der Waals surface area contributed by atoms with Gasteiger partial charge in [0.15, 0.2) is 5.16 Å². The fraction of sp³-hybridized carbons (Fsp3) is 0.231. The SMILES string of the molecule is NC(CSc1nccc(=O)[nH]1)c1ccc(C(F)(F)F)cc1. The molecule has 0 amide bonds. The number of nitrogens with one attached hydrogen (secondary N) is 1. The number of aromatic amines is 1. The normalized spacial score (nSPS) is 13.1. The van der Waals surface area contributed by atoms with Crippen molar-refractivity contribution in [3.05, 3.63) is 58.0 Å². The number of hydrogen-bond donors (Lipinski definition) is 2. The lowest BCUT2D eigenvalue weighted by molar-refractivity contribution is -0.137. The van der Waals surface area contributed by atoms with Crippen LogP contribution in [0.4, 0.5) is 13.2 Å². The standard InChI is InChI=1S/C13H12F3N3OS/c14-13(15,16)9-3-1-8(2-4-9)10(17)7-21-12-18-6-5-11(20)19-12/h1-6,10H,7,17H2,(H,18,19,20). The molecule has 0 saturated carbocycles. The number of halogens is 3. The molecule has 1 heterocycles. The van der Waals surface area contributed by atoms with Gasteiger partial charge in [0.05, 0.1) is 5.56 Å². The van der Waals surface area contributed by atoms with E-state index < -0.39 is 17.8 Å². The minimum atomic E-state index is -4.36. The third kappa shape index (κ3) is 4.33. The molecule has 2 rings (SSSR count). The van der Waals surface area contributed by atoms with E-state index >= 15 is 0 Å². The Morgan fingerprint density at radius 2 is 1.90 bits per heavy atom. The van der Waals surface area contributed by atoms with Crippen LogP contribution in [0.25, 0.3) is 0 Å². The Kier molecular flexibility index (Phi) is 4.69. The number of hydrogen-bond acceptors (Lipinski definition) is 4. The summed E-state index contributed by atoms with van der Waals surface area (Å²) in [5.41, 5.74) is 5.53. The van der Waals surface area contributed by atoms with Gasteiger partial charge in [-0.2, -0.15) is 13.2 Å². The first-order chi connectivity index (χ1) is 9.86. The topological polar surface area (TPSA) is 71.8 Å². The van der Waals surface area contributed by atoms with E-state index in [1.807, 2.05) is 0 Å². The second-order valence-corrected chi connectivity index (χ2v) is 5.29. The Balaban J connectivity index is 2.00. The predicted molar refractivity (Wildman–Crippen MR) is 74.0 cm³/mol. The summed E-state index contributed by atoms with van der Waals surface area (Å²) < 4.78 is 37.4. The molecule has 0 spiro atoms. The number of benzene rings is 1. The summed E-state index contributed by atoms with van der Waals surface area (Å²) in [6, 6.07) is 5.55. The molecule has 0 bridgehead atoms. The number of thioether (sulfide) groups is 1. The number of alkyl halides is 3. The second-order valence-electron chi connectivity index (χ2n) is 4.28. The van der Waals surface area contributed by atoms with Crippen LogP contribution in [0, 0.1) is 0 Å². The summed E-state index contributed by atoms with van der Waals surface area (Å²) in [4.78, 5) is 17.6. The quantitative estimate of drug-likeness (QED) is 0.672. The van der Waals surface area contributed by atoms with Gasteiger partial charge in [0, 0.05) is 24.1 Å². The number of H-pyrrole nitrogens is 1. The number of nitrogens with zero attached hydrogens (tertiary/aromatic N) is 1. The number of aromatic nitrogens is 2. The van der Waals surface area contributed by atoms with Gasteiger partial charge in [0.25, 0.3) is 5.56 Å². The number of rotatable bonds is 4. The monoisotopic (exact) mass is 315 g/mol. The minimum Gasteiger partial charge on any atom is -0.323 e. The Morgan fingerprint density at radius 3 is 2.48 bits per heavy atom. The van der Waals surface area contributed by atoms with Crippen molar-refractivity contribution in [3.63, 3.8) is 0 Å². The summed E-state index contributed by atoms with van der Waals surface area (Å²) in [5.74, 6) is 0.387. The predicted octanol–water partition coefficient (Wildman–Crippen LogP) is 2.58. The molecule has 3 N–H and O–H groups in total. The van der Waals surface area contributed by atoms with Crippen molar-refractivity contribution >= 4 is 11.8 Å². The van der Waals surface area contributed by atoms with E-state index in [2.05, 4.69) is 9.97 Å². The summed E-state index contributed by atoms with van der Waals surface area (Å²) >= 11 is 1.23. The van der Waals surface area contributed by atoms with Gasteiger partial charge in [-0.3, -0.25) is 4.79 Å². The summed E-state index contributed by atoms with van der Waals surface area (Å²) in [6.07, 6.45) is -2.98. The second kappa shape index (κ2) is 6.31. The lowest BCUT2D eigenvalue weighted by Crippen LogP contribution is -2.14. The average Bonchev–Trinajstić information content (AvgIpc) is 2.44. The summed E-state index contributed by atoms with van der Waals surface area (Å²) in [5, 5.41) is 0.421. The molecule has 2 aromatic rings. The first kappa shape index (κ1) is 15.6. The van der Waals surface area contributed by atoms with Crippen LogP contribution in [-0.2, 0) is 6.18 Å². The fourth-order valence-corrected chi connectivity index (χ4v) is 2.45. The fourth-order valence-electron chi connectivity index (χ4n) is 1.61. The third-order valence-electron chi connectivity index (χ3n) is 2.71. The highest BCUT2D eigenvalue weighted by Crippen LogP contribution is 2.30. The maximum Gasteiger partial charge on any atom is 0.416 e. The molecule has 0 radical (unpaired) electrons. The van der Waals surface area contributed by atoms with Crippen LogP contribution in [0.3, 0.4) is 0 Å². The minimum absolute atomic E-state index is 0.268. The summed E-state index contributed by atoms with van der Waals surface area (Å²) in [7, 11) is 0. The highest BCUT2D eigenvalue weighted by molar-refractivity contribution is 7.99. The van der Waals surface area contributed by atoms with Gasteiger partial charge in [-0.15, -0.1) is 0 Å². The molecule has 0 fully saturated rings. The van der Waals surface area contributed by atoms with Crippen LogP contribution in [0.15, 0.2) is 46.5 Å². The maximum absolute atomic E-state index is 12.5. The third-order valence-corrected chi connectivity index (χ3v) is 3.72. The van der Waals surface area contributed by atoms with Crippen LogP contribution in [0.5, 0.6) is 0 Å². The first-order valence-corrected chi connectivity index (χ1v) is 6.95. The van der Waals surface area contributed by atoms with Crippen LogP contribution in [0.1, 0.15) is 17.2 Å². The zero-order valence-corrected chi connectivity index (χ0v) is 11.5. The van der Waals surface area contributed by atoms with Crippen LogP contribution in [0.2, 0.25) is 0 Å². The van der Waals surface area contributed by atoms with E-state index in [0.717, 1.165) is 12.1 Å². The molecule has 1 aromatic heterocycles. The zero-order chi connectivity index (χ0) is 15.5. The highest BCUT2D eigenvalue weighted by Gasteiger charge is 2.30. The molecule has 4 nitrogen and oxygen atoms in total. The lowest BCUT2D eigenvalue weighted by atomic mass is 10.1. The number of nitrogens with two attached hydrogens (primary N) is 1. The van der Waals surface area contributed by atoms with Crippen molar-refractivity contribution < 1.29 is 13.2 Å². The molecular weight excluding hydrogens is 303 g/mol. The molecule has 1 unspecified atom stereocenters. The van der Waals surface area contributed by atoms with E-state index in [-0.39, 0.29) is 5.56 Å². The molecule has 1 atom stereocenters. The van der Waals surface area contributed by atoms with Crippen molar-refractivity contribution in [2.75, 3.05) is 5.75 Å². The first-order valence-electron chi connectivity index (χ1n) is 5.97. The van der Waals surface area contributed by atoms with Crippen molar-refractivity contribution in [2.45, 2.75) is 17.4 Å². The highest BCUT2D eigenvalue weighted by atomic mass is 32.2. The summed E-state index contributed by atoms with van der Waals surface area (Å²) in [6.45, 7) is 0.